The standard InChI is InChI=1S/C12H16FNOS/c1-14-6-9(12(15)7-14)8-16-11-4-2-10(13)3-5-11/h2-5,9,12,15H,6-8H2,1H3/t9-,12+/m1/s1. The molecule has 1 N–H and O–H groups in total. The summed E-state index contributed by atoms with van der Waals surface area (Å²) in [5.41, 5.74) is 0. The number of hydrogen-bond acceptors (Lipinski definition) is 3. The van der Waals surface area contributed by atoms with Crippen LogP contribution in [0.3, 0.4) is 0 Å². The van der Waals surface area contributed by atoms with Gasteiger partial charge in [-0.15, -0.1) is 11.8 Å². The van der Waals surface area contributed by atoms with Crippen LogP contribution in [0.5, 0.6) is 0 Å². The first-order chi connectivity index (χ1) is 7.65. The molecule has 1 aliphatic rings. The van der Waals surface area contributed by atoms with Crippen LogP contribution in [-0.4, -0.2) is 42.0 Å². The lowest BCUT2D eigenvalue weighted by molar-refractivity contribution is 0.152. The van der Waals surface area contributed by atoms with Crippen LogP contribution in [0, 0.1) is 11.7 Å². The zero-order chi connectivity index (χ0) is 11.5. The fourth-order valence-corrected chi connectivity index (χ4v) is 3.03. The third-order valence-electron chi connectivity index (χ3n) is 2.87. The lowest BCUT2D eigenvalue weighted by atomic mass is 10.1. The predicted molar refractivity (Wildman–Crippen MR) is 64.1 cm³/mol. The van der Waals surface area contributed by atoms with Crippen molar-refractivity contribution < 1.29 is 9.50 Å². The van der Waals surface area contributed by atoms with Gasteiger partial charge in [-0.1, -0.05) is 0 Å². The van der Waals surface area contributed by atoms with E-state index in [0.717, 1.165) is 23.7 Å². The van der Waals surface area contributed by atoms with Crippen molar-refractivity contribution in [3.05, 3.63) is 30.1 Å². The van der Waals surface area contributed by atoms with E-state index in [1.54, 1.807) is 23.9 Å². The van der Waals surface area contributed by atoms with E-state index >= 15 is 0 Å². The third-order valence-corrected chi connectivity index (χ3v) is 4.07. The molecule has 0 amide bonds. The summed E-state index contributed by atoms with van der Waals surface area (Å²) >= 11 is 1.68. The molecule has 88 valence electrons. The molecule has 0 radical (unpaired) electrons. The Balaban J connectivity index is 1.85. The predicted octanol–water partition coefficient (Wildman–Crippen LogP) is 1.84. The lowest BCUT2D eigenvalue weighted by Gasteiger charge is -2.12. The minimum absolute atomic E-state index is 0.204. The average Bonchev–Trinajstić information content (AvgIpc) is 2.57. The van der Waals surface area contributed by atoms with Crippen molar-refractivity contribution >= 4 is 11.8 Å². The van der Waals surface area contributed by atoms with E-state index < -0.39 is 0 Å². The molecule has 1 aromatic rings. The summed E-state index contributed by atoms with van der Waals surface area (Å²) in [5, 5.41) is 9.77. The SMILES string of the molecule is CN1C[C@H](CSc2ccc(F)cc2)[C@@H](O)C1. The molecule has 1 fully saturated rings. The molecule has 16 heavy (non-hydrogen) atoms. The molecule has 2 nitrogen and oxygen atoms in total. The summed E-state index contributed by atoms with van der Waals surface area (Å²) in [6.07, 6.45) is -0.224. The van der Waals surface area contributed by atoms with E-state index in [9.17, 15) is 9.50 Å². The average molecular weight is 241 g/mol. The molecule has 2 rings (SSSR count). The third kappa shape index (κ3) is 2.97. The van der Waals surface area contributed by atoms with Crippen LogP contribution in [0.4, 0.5) is 4.39 Å². The van der Waals surface area contributed by atoms with Gasteiger partial charge < -0.3 is 10.0 Å². The van der Waals surface area contributed by atoms with Crippen LogP contribution < -0.4 is 0 Å². The van der Waals surface area contributed by atoms with E-state index in [-0.39, 0.29) is 11.9 Å². The summed E-state index contributed by atoms with van der Waals surface area (Å²) < 4.78 is 12.7. The highest BCUT2D eigenvalue weighted by molar-refractivity contribution is 7.99. The van der Waals surface area contributed by atoms with Gasteiger partial charge in [0.25, 0.3) is 0 Å². The molecule has 1 aliphatic heterocycles. The zero-order valence-electron chi connectivity index (χ0n) is 9.27. The second kappa shape index (κ2) is 5.17. The van der Waals surface area contributed by atoms with Gasteiger partial charge in [0.2, 0.25) is 0 Å². The first-order valence-corrected chi connectivity index (χ1v) is 6.38. The number of benzene rings is 1. The van der Waals surface area contributed by atoms with Crippen LogP contribution in [0.25, 0.3) is 0 Å². The van der Waals surface area contributed by atoms with Gasteiger partial charge in [-0.3, -0.25) is 0 Å². The highest BCUT2D eigenvalue weighted by Crippen LogP contribution is 2.25. The number of β-amino-alcohol motifs (C(OH)–C–C–N with tert-alkyl or cyclic N) is 1. The summed E-state index contributed by atoms with van der Waals surface area (Å²) in [6.45, 7) is 1.70. The van der Waals surface area contributed by atoms with Gasteiger partial charge in [0, 0.05) is 29.7 Å². The first kappa shape index (κ1) is 11.9. The Kier molecular flexibility index (Phi) is 3.84. The van der Waals surface area contributed by atoms with Crippen LogP contribution in [0.15, 0.2) is 29.2 Å². The molecule has 0 bridgehead atoms. The van der Waals surface area contributed by atoms with Crippen LogP contribution >= 0.6 is 11.8 Å². The van der Waals surface area contributed by atoms with Gasteiger partial charge in [-0.25, -0.2) is 4.39 Å². The Morgan fingerprint density at radius 2 is 2.06 bits per heavy atom. The van der Waals surface area contributed by atoms with Crippen molar-refractivity contribution in [2.24, 2.45) is 5.92 Å². The smallest absolute Gasteiger partial charge is 0.123 e. The van der Waals surface area contributed by atoms with Gasteiger partial charge in [-0.05, 0) is 31.3 Å². The summed E-state index contributed by atoms with van der Waals surface area (Å²) in [7, 11) is 2.02. The molecule has 1 heterocycles. The minimum Gasteiger partial charge on any atom is -0.391 e. The number of rotatable bonds is 3. The van der Waals surface area contributed by atoms with Crippen molar-refractivity contribution in [2.75, 3.05) is 25.9 Å². The fraction of sp³-hybridized carbons (Fsp3) is 0.500. The van der Waals surface area contributed by atoms with Crippen LogP contribution in [-0.2, 0) is 0 Å². The maximum Gasteiger partial charge on any atom is 0.123 e. The lowest BCUT2D eigenvalue weighted by Crippen LogP contribution is -2.19. The number of hydrogen-bond donors (Lipinski definition) is 1. The maximum atomic E-state index is 12.7. The second-order valence-electron chi connectivity index (χ2n) is 4.31. The second-order valence-corrected chi connectivity index (χ2v) is 5.41. The normalized spacial score (nSPS) is 26.2. The Bertz CT molecular complexity index is 343. The summed E-state index contributed by atoms with van der Waals surface area (Å²) in [5.74, 6) is 1.00. The van der Waals surface area contributed by atoms with E-state index in [1.807, 2.05) is 7.05 Å². The molecule has 1 aromatic carbocycles. The van der Waals surface area contributed by atoms with E-state index in [4.69, 9.17) is 0 Å². The van der Waals surface area contributed by atoms with Crippen LogP contribution in [0.1, 0.15) is 0 Å². The molecule has 0 aliphatic carbocycles. The van der Waals surface area contributed by atoms with Crippen molar-refractivity contribution in [3.63, 3.8) is 0 Å². The largest absolute Gasteiger partial charge is 0.391 e. The monoisotopic (exact) mass is 241 g/mol. The number of nitrogens with zero attached hydrogens (tertiary/aromatic N) is 1. The molecular weight excluding hydrogens is 225 g/mol. The number of aliphatic hydroxyl groups excluding tert-OH is 1. The van der Waals surface area contributed by atoms with Gasteiger partial charge in [-0.2, -0.15) is 0 Å². The van der Waals surface area contributed by atoms with E-state index in [1.165, 1.54) is 12.1 Å². The topological polar surface area (TPSA) is 23.5 Å². The van der Waals surface area contributed by atoms with Crippen molar-refractivity contribution in [1.29, 1.82) is 0 Å². The number of thioether (sulfide) groups is 1. The number of likely N-dealkylation sites (N-methyl/N-ethyl adjacent to an activating group) is 1. The quantitative estimate of drug-likeness (QED) is 0.817. The van der Waals surface area contributed by atoms with Gasteiger partial charge >= 0.3 is 0 Å². The van der Waals surface area contributed by atoms with Gasteiger partial charge in [0.1, 0.15) is 5.82 Å². The van der Waals surface area contributed by atoms with Crippen molar-refractivity contribution in [2.45, 2.75) is 11.0 Å². The van der Waals surface area contributed by atoms with Gasteiger partial charge in [0.05, 0.1) is 6.10 Å². The Morgan fingerprint density at radius 1 is 1.38 bits per heavy atom. The van der Waals surface area contributed by atoms with E-state index in [0.29, 0.717) is 5.92 Å². The van der Waals surface area contributed by atoms with E-state index in [2.05, 4.69) is 4.90 Å². The maximum absolute atomic E-state index is 12.7. The first-order valence-electron chi connectivity index (χ1n) is 5.40. The number of halogens is 1. The Morgan fingerprint density at radius 3 is 2.62 bits per heavy atom. The highest BCUT2D eigenvalue weighted by Gasteiger charge is 2.28. The molecule has 0 unspecified atom stereocenters. The number of likely N-dealkylation sites (tertiary alicyclic amines) is 1. The summed E-state index contributed by atoms with van der Waals surface area (Å²) in [4.78, 5) is 3.20. The van der Waals surface area contributed by atoms with Crippen LogP contribution in [0.2, 0.25) is 0 Å². The molecule has 1 saturated heterocycles. The Hall–Kier alpha value is -0.580. The van der Waals surface area contributed by atoms with Crippen molar-refractivity contribution in [3.8, 4) is 0 Å². The summed E-state index contributed by atoms with van der Waals surface area (Å²) in [6, 6.07) is 6.51. The zero-order valence-corrected chi connectivity index (χ0v) is 10.1. The number of aliphatic hydroxyl groups is 1. The minimum atomic E-state index is -0.224. The molecular formula is C12H16FNOS. The molecule has 0 spiro atoms. The highest BCUT2D eigenvalue weighted by atomic mass is 32.2. The Labute approximate surface area is 99.5 Å². The molecule has 2 atom stereocenters. The molecule has 4 heteroatoms. The van der Waals surface area contributed by atoms with Gasteiger partial charge in [0.15, 0.2) is 0 Å². The molecule has 0 aromatic heterocycles. The fourth-order valence-electron chi connectivity index (χ4n) is 1.96. The molecule has 0 saturated carbocycles. The van der Waals surface area contributed by atoms with Crippen molar-refractivity contribution in [1.82, 2.24) is 4.90 Å².